The van der Waals surface area contributed by atoms with E-state index in [4.69, 9.17) is 4.98 Å². The zero-order valence-corrected chi connectivity index (χ0v) is 15.2. The third kappa shape index (κ3) is 2.92. The molecule has 1 saturated heterocycles. The Kier molecular flexibility index (Phi) is 4.08. The molecule has 0 saturated carbocycles. The topological polar surface area (TPSA) is 87.1 Å². The van der Waals surface area contributed by atoms with E-state index in [1.807, 2.05) is 18.2 Å². The van der Waals surface area contributed by atoms with Crippen molar-refractivity contribution < 1.29 is 4.79 Å². The molecule has 28 heavy (non-hydrogen) atoms. The van der Waals surface area contributed by atoms with Gasteiger partial charge >= 0.3 is 6.03 Å². The molecule has 2 aliphatic rings. The first-order valence-electron chi connectivity index (χ1n) is 9.34. The van der Waals surface area contributed by atoms with Crippen molar-refractivity contribution in [3.8, 4) is 11.3 Å². The summed E-state index contributed by atoms with van der Waals surface area (Å²) in [6.45, 7) is 1.80. The number of nitrogens with one attached hydrogen (secondary N) is 1. The van der Waals surface area contributed by atoms with Crippen molar-refractivity contribution in [1.82, 2.24) is 20.2 Å². The number of carbonyl (C=O) groups is 1. The predicted molar refractivity (Wildman–Crippen MR) is 106 cm³/mol. The fourth-order valence-electron chi connectivity index (χ4n) is 3.90. The van der Waals surface area contributed by atoms with Gasteiger partial charge in [-0.1, -0.05) is 0 Å². The van der Waals surface area contributed by atoms with Gasteiger partial charge in [-0.2, -0.15) is 5.10 Å². The maximum atomic E-state index is 13.2. The molecule has 1 N–H and O–H groups in total. The quantitative estimate of drug-likeness (QED) is 0.743. The largest absolute Gasteiger partial charge is 0.366 e. The van der Waals surface area contributed by atoms with Gasteiger partial charge in [0, 0.05) is 37.2 Å². The zero-order chi connectivity index (χ0) is 18.9. The number of nitrogens with zero attached hydrogens (tertiary/aromatic N) is 6. The maximum Gasteiger partial charge on any atom is 0.329 e. The second-order valence-corrected chi connectivity index (χ2v) is 6.93. The Hall–Kier alpha value is -3.55. The number of hydrogen-bond donors (Lipinski definition) is 1. The van der Waals surface area contributed by atoms with Crippen LogP contribution in [0.2, 0.25) is 0 Å². The van der Waals surface area contributed by atoms with Crippen LogP contribution in [-0.2, 0) is 0 Å². The maximum absolute atomic E-state index is 13.2. The number of piperidine rings is 1. The van der Waals surface area contributed by atoms with E-state index >= 15 is 0 Å². The lowest BCUT2D eigenvalue weighted by Crippen LogP contribution is -2.56. The number of aromatic nitrogens is 4. The summed E-state index contributed by atoms with van der Waals surface area (Å²) in [4.78, 5) is 26.3. The van der Waals surface area contributed by atoms with Crippen LogP contribution in [0.15, 0.2) is 55.0 Å². The van der Waals surface area contributed by atoms with E-state index in [1.54, 1.807) is 35.6 Å². The molecule has 8 nitrogen and oxygen atoms in total. The van der Waals surface area contributed by atoms with Crippen molar-refractivity contribution in [2.45, 2.75) is 18.9 Å². The molecule has 0 spiro atoms. The second kappa shape index (κ2) is 6.88. The van der Waals surface area contributed by atoms with Crippen LogP contribution in [0.25, 0.3) is 11.3 Å². The highest BCUT2D eigenvalue weighted by Crippen LogP contribution is 2.39. The van der Waals surface area contributed by atoms with Crippen LogP contribution < -0.4 is 15.1 Å². The van der Waals surface area contributed by atoms with Crippen LogP contribution in [-0.4, -0.2) is 45.3 Å². The molecule has 5 heterocycles. The summed E-state index contributed by atoms with van der Waals surface area (Å²) in [5.74, 6) is 1.11. The van der Waals surface area contributed by atoms with Crippen molar-refractivity contribution in [3.63, 3.8) is 0 Å². The van der Waals surface area contributed by atoms with Gasteiger partial charge in [0.25, 0.3) is 0 Å². The summed E-state index contributed by atoms with van der Waals surface area (Å²) in [5, 5.41) is 10.7. The minimum absolute atomic E-state index is 0.0783. The number of carbonyl (C=O) groups excluding carboxylic acids is 1. The van der Waals surface area contributed by atoms with Gasteiger partial charge in [-0.25, -0.2) is 9.78 Å². The average molecular weight is 373 g/mol. The van der Waals surface area contributed by atoms with Crippen LogP contribution in [0.5, 0.6) is 0 Å². The molecule has 0 aromatic carbocycles. The summed E-state index contributed by atoms with van der Waals surface area (Å²) in [6, 6.07) is 11.2. The first-order valence-corrected chi connectivity index (χ1v) is 9.34. The van der Waals surface area contributed by atoms with Crippen LogP contribution in [0.4, 0.5) is 22.1 Å². The minimum atomic E-state index is -0.232. The summed E-state index contributed by atoms with van der Waals surface area (Å²) >= 11 is 0. The summed E-state index contributed by atoms with van der Waals surface area (Å²) in [5.41, 5.74) is 2.70. The summed E-state index contributed by atoms with van der Waals surface area (Å²) in [7, 11) is 0. The Morgan fingerprint density at radius 3 is 2.89 bits per heavy atom. The van der Waals surface area contributed by atoms with E-state index in [0.717, 1.165) is 42.9 Å². The predicted octanol–water partition coefficient (Wildman–Crippen LogP) is 2.95. The first kappa shape index (κ1) is 16.6. The zero-order valence-electron chi connectivity index (χ0n) is 15.2. The minimum Gasteiger partial charge on any atom is -0.366 e. The van der Waals surface area contributed by atoms with Gasteiger partial charge < -0.3 is 4.90 Å². The Bertz CT molecular complexity index is 996. The molecule has 1 atom stereocenters. The molecule has 2 bridgehead atoms. The molecule has 140 valence electrons. The number of pyridine rings is 2. The fourth-order valence-corrected chi connectivity index (χ4v) is 3.90. The SMILES string of the molecule is O=C(Nc1cccnn1)N1c2nc(-c3cccnc3)ccc2N2CCCC1C2. The number of amides is 2. The van der Waals surface area contributed by atoms with Gasteiger partial charge in [-0.05, 0) is 49.2 Å². The van der Waals surface area contributed by atoms with Crippen molar-refractivity contribution in [3.05, 3.63) is 55.0 Å². The van der Waals surface area contributed by atoms with E-state index in [2.05, 4.69) is 31.5 Å². The smallest absolute Gasteiger partial charge is 0.329 e. The summed E-state index contributed by atoms with van der Waals surface area (Å²) in [6.07, 6.45) is 7.08. The van der Waals surface area contributed by atoms with Crippen LogP contribution in [0, 0.1) is 0 Å². The molecule has 5 rings (SSSR count). The number of hydrogen-bond acceptors (Lipinski definition) is 6. The Morgan fingerprint density at radius 1 is 1.14 bits per heavy atom. The van der Waals surface area contributed by atoms with Gasteiger partial charge in [0.15, 0.2) is 11.6 Å². The monoisotopic (exact) mass is 373 g/mol. The van der Waals surface area contributed by atoms with Crippen LogP contribution >= 0.6 is 0 Å². The Balaban J connectivity index is 1.55. The Labute approximate surface area is 162 Å². The average Bonchev–Trinajstić information content (AvgIpc) is 2.75. The third-order valence-electron chi connectivity index (χ3n) is 5.17. The fraction of sp³-hybridized carbons (Fsp3) is 0.250. The van der Waals surface area contributed by atoms with Gasteiger partial charge in [-0.15, -0.1) is 5.10 Å². The van der Waals surface area contributed by atoms with Crippen LogP contribution in [0.1, 0.15) is 12.8 Å². The van der Waals surface area contributed by atoms with Crippen molar-refractivity contribution in [2.24, 2.45) is 0 Å². The van der Waals surface area contributed by atoms with E-state index in [-0.39, 0.29) is 12.1 Å². The lowest BCUT2D eigenvalue weighted by atomic mass is 9.99. The van der Waals surface area contributed by atoms with Gasteiger partial charge in [0.1, 0.15) is 0 Å². The first-order chi connectivity index (χ1) is 13.8. The highest BCUT2D eigenvalue weighted by Gasteiger charge is 2.38. The molecule has 3 aromatic rings. The highest BCUT2D eigenvalue weighted by atomic mass is 16.2. The molecule has 1 fully saturated rings. The lowest BCUT2D eigenvalue weighted by Gasteiger charge is -2.45. The second-order valence-electron chi connectivity index (χ2n) is 6.93. The molecule has 0 radical (unpaired) electrons. The number of rotatable bonds is 2. The molecular formula is C20H19N7O. The lowest BCUT2D eigenvalue weighted by molar-refractivity contribution is 0.252. The molecule has 1 unspecified atom stereocenters. The number of anilines is 3. The van der Waals surface area contributed by atoms with E-state index in [0.29, 0.717) is 11.6 Å². The Morgan fingerprint density at radius 2 is 2.07 bits per heavy atom. The van der Waals surface area contributed by atoms with E-state index in [9.17, 15) is 4.79 Å². The standard InChI is InChI=1S/C20H19N7O/c28-20(24-18-6-2-10-22-25-18)27-15-5-3-11-26(13-15)17-8-7-16(23-19(17)27)14-4-1-9-21-12-14/h1-2,4,6-10,12,15H,3,5,11,13H2,(H,24,25,28). The van der Waals surface area contributed by atoms with Crippen molar-refractivity contribution in [2.75, 3.05) is 28.2 Å². The molecule has 2 aliphatic heterocycles. The molecule has 2 amide bonds. The summed E-state index contributed by atoms with van der Waals surface area (Å²) < 4.78 is 0. The van der Waals surface area contributed by atoms with Crippen molar-refractivity contribution >= 4 is 23.4 Å². The van der Waals surface area contributed by atoms with Gasteiger partial charge in [0.05, 0.1) is 17.4 Å². The van der Waals surface area contributed by atoms with Gasteiger partial charge in [0.2, 0.25) is 0 Å². The van der Waals surface area contributed by atoms with E-state index in [1.165, 1.54) is 0 Å². The normalized spacial score (nSPS) is 17.8. The number of urea groups is 1. The van der Waals surface area contributed by atoms with Crippen molar-refractivity contribution in [1.29, 1.82) is 0 Å². The molecule has 0 aliphatic carbocycles. The molecular weight excluding hydrogens is 354 g/mol. The van der Waals surface area contributed by atoms with E-state index < -0.39 is 0 Å². The number of fused-ring (bicyclic) bond motifs is 4. The van der Waals surface area contributed by atoms with Gasteiger partial charge in [-0.3, -0.25) is 15.2 Å². The third-order valence-corrected chi connectivity index (χ3v) is 5.17. The highest BCUT2D eigenvalue weighted by molar-refractivity contribution is 6.04. The molecule has 3 aromatic heterocycles. The van der Waals surface area contributed by atoms with Crippen LogP contribution in [0.3, 0.4) is 0 Å². The molecule has 8 heteroatoms.